The van der Waals surface area contributed by atoms with Gasteiger partial charge in [0.15, 0.2) is 0 Å². The van der Waals surface area contributed by atoms with Crippen molar-refractivity contribution in [1.29, 1.82) is 0 Å². The first-order chi connectivity index (χ1) is 8.69. The highest BCUT2D eigenvalue weighted by Gasteiger charge is 2.19. The minimum absolute atomic E-state index is 0.627. The van der Waals surface area contributed by atoms with Gasteiger partial charge < -0.3 is 5.32 Å². The summed E-state index contributed by atoms with van der Waals surface area (Å²) in [6, 6.07) is 2.12. The Balaban J connectivity index is 2.15. The summed E-state index contributed by atoms with van der Waals surface area (Å²) in [6.45, 7) is 4.43. The van der Waals surface area contributed by atoms with Crippen LogP contribution in [0.25, 0.3) is 0 Å². The summed E-state index contributed by atoms with van der Waals surface area (Å²) in [5.41, 5.74) is 1.24. The Morgan fingerprint density at radius 1 is 1.33 bits per heavy atom. The summed E-state index contributed by atoms with van der Waals surface area (Å²) >= 11 is 1.90. The van der Waals surface area contributed by atoms with Gasteiger partial charge in [-0.3, -0.25) is 0 Å². The van der Waals surface area contributed by atoms with Crippen LogP contribution in [-0.4, -0.2) is 22.3 Å². The third-order valence-electron chi connectivity index (χ3n) is 3.37. The van der Waals surface area contributed by atoms with Gasteiger partial charge in [-0.15, -0.1) is 0 Å². The monoisotopic (exact) mass is 265 g/mol. The van der Waals surface area contributed by atoms with Gasteiger partial charge in [-0.1, -0.05) is 26.7 Å². The molecule has 0 unspecified atom stereocenters. The average Bonchev–Trinajstić information content (AvgIpc) is 2.89. The molecule has 1 fully saturated rings. The molecule has 0 aromatic carbocycles. The van der Waals surface area contributed by atoms with E-state index in [2.05, 4.69) is 30.2 Å². The van der Waals surface area contributed by atoms with Crippen molar-refractivity contribution in [2.45, 2.75) is 56.5 Å². The van der Waals surface area contributed by atoms with Crippen LogP contribution in [0.5, 0.6) is 0 Å². The summed E-state index contributed by atoms with van der Waals surface area (Å²) in [4.78, 5) is 9.32. The highest BCUT2D eigenvalue weighted by molar-refractivity contribution is 7.99. The predicted molar refractivity (Wildman–Crippen MR) is 79.2 cm³/mol. The molecule has 1 aromatic heterocycles. The van der Waals surface area contributed by atoms with Gasteiger partial charge >= 0.3 is 0 Å². The number of aromatic nitrogens is 2. The molecule has 2 rings (SSSR count). The Labute approximate surface area is 114 Å². The van der Waals surface area contributed by atoms with Crippen LogP contribution in [0.2, 0.25) is 0 Å². The average molecular weight is 265 g/mol. The maximum Gasteiger partial charge on any atom is 0.140 e. The molecule has 0 atom stereocenters. The fourth-order valence-electron chi connectivity index (χ4n) is 2.38. The maximum atomic E-state index is 4.76. The summed E-state index contributed by atoms with van der Waals surface area (Å²) < 4.78 is 0. The molecule has 3 nitrogen and oxygen atoms in total. The van der Waals surface area contributed by atoms with Crippen LogP contribution in [0.3, 0.4) is 0 Å². The van der Waals surface area contributed by atoms with E-state index in [-0.39, 0.29) is 0 Å². The zero-order valence-electron chi connectivity index (χ0n) is 11.6. The standard InChI is InChI=1S/C14H23N3S/c1-10(2)18-9-14-16-12(8-13(15-3)17-14)11-6-4-5-7-11/h8,10-11H,4-7,9H2,1-3H3,(H,15,16,17). The molecule has 0 spiro atoms. The minimum Gasteiger partial charge on any atom is -0.373 e. The number of nitrogens with zero attached hydrogens (tertiary/aromatic N) is 2. The lowest BCUT2D eigenvalue weighted by Crippen LogP contribution is -2.06. The molecule has 1 saturated carbocycles. The van der Waals surface area contributed by atoms with Crippen molar-refractivity contribution >= 4 is 17.6 Å². The zero-order chi connectivity index (χ0) is 13.0. The Morgan fingerprint density at radius 2 is 2.06 bits per heavy atom. The van der Waals surface area contributed by atoms with Gasteiger partial charge in [0.2, 0.25) is 0 Å². The Morgan fingerprint density at radius 3 is 2.67 bits per heavy atom. The quantitative estimate of drug-likeness (QED) is 0.878. The van der Waals surface area contributed by atoms with Crippen LogP contribution in [0.4, 0.5) is 5.82 Å². The van der Waals surface area contributed by atoms with Crippen LogP contribution in [-0.2, 0) is 5.75 Å². The maximum absolute atomic E-state index is 4.76. The molecule has 0 aliphatic heterocycles. The SMILES string of the molecule is CNc1cc(C2CCCC2)nc(CSC(C)C)n1. The zero-order valence-corrected chi connectivity index (χ0v) is 12.4. The molecule has 0 bridgehead atoms. The van der Waals surface area contributed by atoms with E-state index in [9.17, 15) is 0 Å². The van der Waals surface area contributed by atoms with Gasteiger partial charge in [0, 0.05) is 24.7 Å². The van der Waals surface area contributed by atoms with E-state index in [1.54, 1.807) is 0 Å². The van der Waals surface area contributed by atoms with E-state index in [0.717, 1.165) is 17.4 Å². The highest BCUT2D eigenvalue weighted by Crippen LogP contribution is 2.34. The molecular weight excluding hydrogens is 242 g/mol. The third kappa shape index (κ3) is 3.61. The van der Waals surface area contributed by atoms with Gasteiger partial charge in [-0.05, 0) is 18.1 Å². The second-order valence-corrected chi connectivity index (χ2v) is 6.75. The summed E-state index contributed by atoms with van der Waals surface area (Å²) in [7, 11) is 1.93. The number of rotatable bonds is 5. The summed E-state index contributed by atoms with van der Waals surface area (Å²) in [5.74, 6) is 3.50. The van der Waals surface area contributed by atoms with Crippen molar-refractivity contribution < 1.29 is 0 Å². The molecule has 1 aliphatic rings. The smallest absolute Gasteiger partial charge is 0.140 e. The molecule has 1 heterocycles. The molecular formula is C14H23N3S. The number of thioether (sulfide) groups is 1. The molecule has 1 N–H and O–H groups in total. The van der Waals surface area contributed by atoms with E-state index in [0.29, 0.717) is 11.2 Å². The van der Waals surface area contributed by atoms with Crippen LogP contribution in [0.15, 0.2) is 6.07 Å². The number of hydrogen-bond donors (Lipinski definition) is 1. The van der Waals surface area contributed by atoms with E-state index >= 15 is 0 Å². The van der Waals surface area contributed by atoms with E-state index < -0.39 is 0 Å². The molecule has 4 heteroatoms. The predicted octanol–water partition coefficient (Wildman–Crippen LogP) is 3.82. The molecule has 0 radical (unpaired) electrons. The fourth-order valence-corrected chi connectivity index (χ4v) is 2.99. The third-order valence-corrected chi connectivity index (χ3v) is 4.46. The normalized spacial score (nSPS) is 16.4. The highest BCUT2D eigenvalue weighted by atomic mass is 32.2. The Kier molecular flexibility index (Phi) is 4.87. The fraction of sp³-hybridized carbons (Fsp3) is 0.714. The minimum atomic E-state index is 0.627. The molecule has 0 amide bonds. The van der Waals surface area contributed by atoms with Crippen molar-refractivity contribution in [2.24, 2.45) is 0 Å². The first-order valence-electron chi connectivity index (χ1n) is 6.86. The van der Waals surface area contributed by atoms with Gasteiger partial charge in [-0.2, -0.15) is 11.8 Å². The van der Waals surface area contributed by atoms with E-state index in [1.165, 1.54) is 31.4 Å². The van der Waals surface area contributed by atoms with Crippen molar-refractivity contribution in [3.05, 3.63) is 17.6 Å². The van der Waals surface area contributed by atoms with E-state index in [4.69, 9.17) is 4.98 Å². The number of hydrogen-bond acceptors (Lipinski definition) is 4. The Bertz CT molecular complexity index is 387. The number of nitrogens with one attached hydrogen (secondary N) is 1. The summed E-state index contributed by atoms with van der Waals surface area (Å²) in [6.07, 6.45) is 5.27. The van der Waals surface area contributed by atoms with Gasteiger partial charge in [0.25, 0.3) is 0 Å². The van der Waals surface area contributed by atoms with Crippen LogP contribution >= 0.6 is 11.8 Å². The van der Waals surface area contributed by atoms with Crippen molar-refractivity contribution in [3.8, 4) is 0 Å². The lowest BCUT2D eigenvalue weighted by molar-refractivity contribution is 0.689. The van der Waals surface area contributed by atoms with Gasteiger partial charge in [0.1, 0.15) is 11.6 Å². The second-order valence-electron chi connectivity index (χ2n) is 5.19. The van der Waals surface area contributed by atoms with Crippen LogP contribution < -0.4 is 5.32 Å². The van der Waals surface area contributed by atoms with Gasteiger partial charge in [-0.25, -0.2) is 9.97 Å². The molecule has 0 saturated heterocycles. The first kappa shape index (κ1) is 13.7. The first-order valence-corrected chi connectivity index (χ1v) is 7.91. The second kappa shape index (κ2) is 6.41. The Hall–Kier alpha value is -0.770. The molecule has 1 aliphatic carbocycles. The van der Waals surface area contributed by atoms with Crippen LogP contribution in [0, 0.1) is 0 Å². The van der Waals surface area contributed by atoms with Gasteiger partial charge in [0.05, 0.1) is 5.75 Å². The van der Waals surface area contributed by atoms with Crippen molar-refractivity contribution in [3.63, 3.8) is 0 Å². The molecule has 18 heavy (non-hydrogen) atoms. The number of anilines is 1. The largest absolute Gasteiger partial charge is 0.373 e. The van der Waals surface area contributed by atoms with Crippen molar-refractivity contribution in [2.75, 3.05) is 12.4 Å². The molecule has 1 aromatic rings. The topological polar surface area (TPSA) is 37.8 Å². The van der Waals surface area contributed by atoms with Crippen LogP contribution in [0.1, 0.15) is 57.0 Å². The summed E-state index contributed by atoms with van der Waals surface area (Å²) in [5, 5.41) is 3.79. The van der Waals surface area contributed by atoms with E-state index in [1.807, 2.05) is 18.8 Å². The molecule has 100 valence electrons. The van der Waals surface area contributed by atoms with Crippen molar-refractivity contribution in [1.82, 2.24) is 9.97 Å². The lowest BCUT2D eigenvalue weighted by atomic mass is 10.0. The lowest BCUT2D eigenvalue weighted by Gasteiger charge is -2.12.